The molecule has 1 aromatic heterocycles. The fraction of sp³-hybridized carbons (Fsp3) is 0.0556. The van der Waals surface area contributed by atoms with Crippen molar-refractivity contribution >= 4 is 17.8 Å². The summed E-state index contributed by atoms with van der Waals surface area (Å²) in [5.74, 6) is -1.35. The second-order valence-electron chi connectivity index (χ2n) is 5.55. The maximum absolute atomic E-state index is 12.3. The van der Waals surface area contributed by atoms with Crippen LogP contribution in [0.5, 0.6) is 0 Å². The fourth-order valence-corrected chi connectivity index (χ4v) is 2.55. The van der Waals surface area contributed by atoms with E-state index in [9.17, 15) is 14.4 Å². The molecule has 0 atom stereocenters. The van der Waals surface area contributed by atoms with Crippen molar-refractivity contribution in [3.05, 3.63) is 71.0 Å². The molecule has 0 spiro atoms. The van der Waals surface area contributed by atoms with Crippen molar-refractivity contribution in [2.24, 2.45) is 0 Å². The highest BCUT2D eigenvalue weighted by atomic mass is 16.7. The van der Waals surface area contributed by atoms with Gasteiger partial charge in [-0.25, -0.2) is 4.79 Å². The number of hydrogen-bond acceptors (Lipinski definition) is 7. The van der Waals surface area contributed by atoms with Crippen LogP contribution in [0.25, 0.3) is 11.5 Å². The van der Waals surface area contributed by atoms with E-state index in [-0.39, 0.29) is 16.7 Å². The molecule has 2 heterocycles. The van der Waals surface area contributed by atoms with Gasteiger partial charge in [0.1, 0.15) is 0 Å². The zero-order chi connectivity index (χ0) is 18.3. The molecule has 0 bridgehead atoms. The van der Waals surface area contributed by atoms with Gasteiger partial charge >= 0.3 is 5.97 Å². The summed E-state index contributed by atoms with van der Waals surface area (Å²) in [4.78, 5) is 45.8. The Hall–Kier alpha value is -3.81. The Bertz CT molecular complexity index is 1000. The van der Waals surface area contributed by atoms with E-state index < -0.39 is 17.8 Å². The number of carbonyl (C=O) groups excluding carboxylic acids is 3. The third-order valence-corrected chi connectivity index (χ3v) is 3.83. The van der Waals surface area contributed by atoms with Gasteiger partial charge in [-0.15, -0.1) is 0 Å². The first-order valence-corrected chi connectivity index (χ1v) is 7.65. The van der Waals surface area contributed by atoms with Crippen molar-refractivity contribution < 1.29 is 23.7 Å². The number of fused-ring (bicyclic) bond motifs is 1. The molecule has 128 valence electrons. The molecule has 0 saturated carbocycles. The molecule has 0 saturated heterocycles. The van der Waals surface area contributed by atoms with E-state index in [4.69, 9.17) is 9.36 Å². The number of rotatable bonds is 3. The van der Waals surface area contributed by atoms with Gasteiger partial charge in [0.05, 0.1) is 16.7 Å². The predicted octanol–water partition coefficient (Wildman–Crippen LogP) is 2.41. The Balaban J connectivity index is 1.52. The number of aryl methyl sites for hydroxylation is 1. The van der Waals surface area contributed by atoms with E-state index in [1.807, 2.05) is 0 Å². The summed E-state index contributed by atoms with van der Waals surface area (Å²) in [6.07, 6.45) is 0. The summed E-state index contributed by atoms with van der Waals surface area (Å²) >= 11 is 0. The Kier molecular flexibility index (Phi) is 3.58. The highest BCUT2D eigenvalue weighted by molar-refractivity contribution is 6.21. The predicted molar refractivity (Wildman–Crippen MR) is 86.8 cm³/mol. The summed E-state index contributed by atoms with van der Waals surface area (Å²) in [7, 11) is 0. The van der Waals surface area contributed by atoms with E-state index in [2.05, 4.69) is 10.1 Å². The van der Waals surface area contributed by atoms with Gasteiger partial charge in [0.25, 0.3) is 17.7 Å². The van der Waals surface area contributed by atoms with E-state index in [0.29, 0.717) is 22.3 Å². The van der Waals surface area contributed by atoms with Gasteiger partial charge in [-0.1, -0.05) is 22.4 Å². The molecule has 1 aliphatic heterocycles. The monoisotopic (exact) mass is 349 g/mol. The van der Waals surface area contributed by atoms with Crippen LogP contribution in [0.4, 0.5) is 0 Å². The van der Waals surface area contributed by atoms with Crippen molar-refractivity contribution in [2.45, 2.75) is 6.92 Å². The van der Waals surface area contributed by atoms with Gasteiger partial charge in [-0.3, -0.25) is 9.59 Å². The summed E-state index contributed by atoms with van der Waals surface area (Å²) in [6, 6.07) is 12.4. The van der Waals surface area contributed by atoms with E-state index in [0.717, 1.165) is 0 Å². The first-order chi connectivity index (χ1) is 12.5. The average Bonchev–Trinajstić information content (AvgIpc) is 3.20. The average molecular weight is 349 g/mol. The zero-order valence-electron chi connectivity index (χ0n) is 13.5. The molecule has 1 aliphatic rings. The number of aromatic nitrogens is 2. The molecule has 26 heavy (non-hydrogen) atoms. The van der Waals surface area contributed by atoms with Gasteiger partial charge in [0.15, 0.2) is 5.82 Å². The number of amides is 2. The molecular weight excluding hydrogens is 338 g/mol. The first kappa shape index (κ1) is 15.7. The van der Waals surface area contributed by atoms with Crippen LogP contribution in [0.1, 0.15) is 36.9 Å². The van der Waals surface area contributed by atoms with Crippen LogP contribution in [0.2, 0.25) is 0 Å². The molecule has 4 rings (SSSR count). The van der Waals surface area contributed by atoms with Crippen LogP contribution < -0.4 is 0 Å². The molecule has 0 unspecified atom stereocenters. The molecule has 8 heteroatoms. The molecule has 8 nitrogen and oxygen atoms in total. The minimum Gasteiger partial charge on any atom is -0.334 e. The van der Waals surface area contributed by atoms with Crippen molar-refractivity contribution in [2.75, 3.05) is 0 Å². The van der Waals surface area contributed by atoms with Crippen molar-refractivity contribution in [3.8, 4) is 11.5 Å². The standard InChI is InChI=1S/C18H11N3O5/c1-10-19-15(25-20-10)11-6-8-12(9-7-11)18(24)26-21-16(22)13-4-2-3-5-14(13)17(21)23/h2-9H,1H3. The minimum absolute atomic E-state index is 0.168. The summed E-state index contributed by atoms with van der Waals surface area (Å²) in [6.45, 7) is 1.70. The quantitative estimate of drug-likeness (QED) is 0.669. The van der Waals surface area contributed by atoms with Gasteiger partial charge in [-0.05, 0) is 43.3 Å². The molecule has 2 aromatic carbocycles. The van der Waals surface area contributed by atoms with Gasteiger partial charge in [-0.2, -0.15) is 4.98 Å². The Morgan fingerprint density at radius 1 is 1.00 bits per heavy atom. The van der Waals surface area contributed by atoms with Crippen molar-refractivity contribution in [3.63, 3.8) is 0 Å². The third-order valence-electron chi connectivity index (χ3n) is 3.83. The van der Waals surface area contributed by atoms with Gasteiger partial charge < -0.3 is 9.36 Å². The summed E-state index contributed by atoms with van der Waals surface area (Å²) in [5, 5.41) is 4.17. The molecule has 0 fully saturated rings. The Morgan fingerprint density at radius 3 is 2.15 bits per heavy atom. The Labute approximate surface area is 146 Å². The van der Waals surface area contributed by atoms with Crippen LogP contribution in [0.3, 0.4) is 0 Å². The van der Waals surface area contributed by atoms with Crippen LogP contribution >= 0.6 is 0 Å². The zero-order valence-corrected chi connectivity index (χ0v) is 13.5. The second kappa shape index (κ2) is 5.92. The fourth-order valence-electron chi connectivity index (χ4n) is 2.55. The lowest BCUT2D eigenvalue weighted by molar-refractivity contribution is -0.0584. The number of carbonyl (C=O) groups is 3. The molecule has 0 radical (unpaired) electrons. The lowest BCUT2D eigenvalue weighted by Crippen LogP contribution is -2.32. The number of hydroxylamine groups is 2. The van der Waals surface area contributed by atoms with Crippen LogP contribution in [0.15, 0.2) is 53.1 Å². The SMILES string of the molecule is Cc1noc(-c2ccc(C(=O)ON3C(=O)c4ccccc4C3=O)cc2)n1. The molecule has 0 N–H and O–H groups in total. The van der Waals surface area contributed by atoms with Gasteiger partial charge in [0, 0.05) is 5.56 Å². The normalized spacial score (nSPS) is 13.0. The van der Waals surface area contributed by atoms with Crippen molar-refractivity contribution in [1.82, 2.24) is 15.2 Å². The maximum atomic E-state index is 12.3. The van der Waals surface area contributed by atoms with Crippen molar-refractivity contribution in [1.29, 1.82) is 0 Å². The summed E-state index contributed by atoms with van der Waals surface area (Å²) in [5.41, 5.74) is 1.20. The van der Waals surface area contributed by atoms with E-state index in [1.165, 1.54) is 24.3 Å². The van der Waals surface area contributed by atoms with Gasteiger partial charge in [0.2, 0.25) is 0 Å². The number of benzene rings is 2. The smallest absolute Gasteiger partial charge is 0.334 e. The lowest BCUT2D eigenvalue weighted by atomic mass is 10.1. The maximum Gasteiger partial charge on any atom is 0.363 e. The first-order valence-electron chi connectivity index (χ1n) is 7.65. The topological polar surface area (TPSA) is 103 Å². The Morgan fingerprint density at radius 2 is 1.62 bits per heavy atom. The highest BCUT2D eigenvalue weighted by Crippen LogP contribution is 2.24. The third kappa shape index (κ3) is 2.53. The second-order valence-corrected chi connectivity index (χ2v) is 5.55. The highest BCUT2D eigenvalue weighted by Gasteiger charge is 2.38. The molecule has 3 aromatic rings. The molecule has 2 amide bonds. The summed E-state index contributed by atoms with van der Waals surface area (Å²) < 4.78 is 5.05. The number of imide groups is 1. The van der Waals surface area contributed by atoms with E-state index >= 15 is 0 Å². The van der Waals surface area contributed by atoms with Crippen LogP contribution in [-0.2, 0) is 4.84 Å². The van der Waals surface area contributed by atoms with E-state index in [1.54, 1.807) is 31.2 Å². The lowest BCUT2D eigenvalue weighted by Gasteiger charge is -2.12. The minimum atomic E-state index is -0.826. The molecule has 0 aliphatic carbocycles. The largest absolute Gasteiger partial charge is 0.363 e. The van der Waals surface area contributed by atoms with Crippen LogP contribution in [0, 0.1) is 6.92 Å². The molecular formula is C18H11N3O5. The number of hydrogen-bond donors (Lipinski definition) is 0. The number of nitrogens with zero attached hydrogens (tertiary/aromatic N) is 3. The van der Waals surface area contributed by atoms with Crippen LogP contribution in [-0.4, -0.2) is 33.0 Å².